The molecule has 0 saturated heterocycles. The molecule has 0 aliphatic rings. The molecule has 0 radical (unpaired) electrons. The lowest BCUT2D eigenvalue weighted by Gasteiger charge is -2.10. The summed E-state index contributed by atoms with van der Waals surface area (Å²) in [4.78, 5) is 11.9. The fraction of sp³-hybridized carbons (Fsp3) is 0.176. The number of para-hydroxylation sites is 1. The van der Waals surface area contributed by atoms with Crippen molar-refractivity contribution in [1.82, 2.24) is 0 Å². The van der Waals surface area contributed by atoms with Gasteiger partial charge in [0.25, 0.3) is 5.91 Å². The molecule has 0 saturated carbocycles. The van der Waals surface area contributed by atoms with Crippen molar-refractivity contribution in [2.75, 3.05) is 11.9 Å². The standard InChI is InChI=1S/C17H18N2O3/c1-12-6-3-4-9-16(12)18-17(20)11-22-15-8-5-7-14(10-15)13(2)19-21/h3-10,21H,11H2,1-2H3,(H,18,20)/b19-13+. The summed E-state index contributed by atoms with van der Waals surface area (Å²) in [5.41, 5.74) is 2.98. The molecule has 0 unspecified atom stereocenters. The van der Waals surface area contributed by atoms with E-state index >= 15 is 0 Å². The highest BCUT2D eigenvalue weighted by molar-refractivity contribution is 5.98. The number of benzene rings is 2. The first-order valence-corrected chi connectivity index (χ1v) is 6.87. The zero-order chi connectivity index (χ0) is 15.9. The summed E-state index contributed by atoms with van der Waals surface area (Å²) in [7, 11) is 0. The van der Waals surface area contributed by atoms with E-state index in [1.54, 1.807) is 31.2 Å². The lowest BCUT2D eigenvalue weighted by Crippen LogP contribution is -2.20. The summed E-state index contributed by atoms with van der Waals surface area (Å²) < 4.78 is 5.47. The molecule has 0 aliphatic heterocycles. The fourth-order valence-corrected chi connectivity index (χ4v) is 1.92. The van der Waals surface area contributed by atoms with Gasteiger partial charge in [-0.3, -0.25) is 4.79 Å². The molecule has 2 rings (SSSR count). The lowest BCUT2D eigenvalue weighted by molar-refractivity contribution is -0.118. The summed E-state index contributed by atoms with van der Waals surface area (Å²) in [6.45, 7) is 3.52. The van der Waals surface area contributed by atoms with E-state index in [-0.39, 0.29) is 12.5 Å². The largest absolute Gasteiger partial charge is 0.484 e. The molecule has 0 heterocycles. The van der Waals surface area contributed by atoms with Crippen molar-refractivity contribution in [3.8, 4) is 5.75 Å². The SMILES string of the molecule is C/C(=N\O)c1cccc(OCC(=O)Nc2ccccc2C)c1. The lowest BCUT2D eigenvalue weighted by atomic mass is 10.1. The number of ether oxygens (including phenoxy) is 1. The van der Waals surface area contributed by atoms with E-state index in [1.807, 2.05) is 31.2 Å². The molecule has 114 valence electrons. The molecule has 0 aromatic heterocycles. The molecule has 2 N–H and O–H groups in total. The molecule has 0 spiro atoms. The highest BCUT2D eigenvalue weighted by atomic mass is 16.5. The zero-order valence-corrected chi connectivity index (χ0v) is 12.5. The molecule has 0 bridgehead atoms. The van der Waals surface area contributed by atoms with Gasteiger partial charge in [0.1, 0.15) is 5.75 Å². The van der Waals surface area contributed by atoms with Crippen LogP contribution >= 0.6 is 0 Å². The van der Waals surface area contributed by atoms with Crippen LogP contribution in [0.3, 0.4) is 0 Å². The van der Waals surface area contributed by atoms with Gasteiger partial charge in [-0.2, -0.15) is 0 Å². The Balaban J connectivity index is 1.96. The molecule has 0 atom stereocenters. The van der Waals surface area contributed by atoms with Gasteiger partial charge in [0.05, 0.1) is 5.71 Å². The van der Waals surface area contributed by atoms with Gasteiger partial charge < -0.3 is 15.3 Å². The van der Waals surface area contributed by atoms with Gasteiger partial charge in [-0.1, -0.05) is 35.5 Å². The number of hydrogen-bond acceptors (Lipinski definition) is 4. The third-order valence-corrected chi connectivity index (χ3v) is 3.19. The number of aryl methyl sites for hydroxylation is 1. The first kappa shape index (κ1) is 15.6. The average Bonchev–Trinajstić information content (AvgIpc) is 2.54. The summed E-state index contributed by atoms with van der Waals surface area (Å²) in [6, 6.07) is 14.6. The van der Waals surface area contributed by atoms with E-state index in [9.17, 15) is 4.79 Å². The van der Waals surface area contributed by atoms with Crippen LogP contribution in [0.4, 0.5) is 5.69 Å². The number of nitrogens with one attached hydrogen (secondary N) is 1. The Morgan fingerprint density at radius 3 is 2.73 bits per heavy atom. The van der Waals surface area contributed by atoms with Crippen LogP contribution in [-0.2, 0) is 4.79 Å². The van der Waals surface area contributed by atoms with Crippen molar-refractivity contribution in [3.05, 3.63) is 59.7 Å². The maximum absolute atomic E-state index is 11.9. The number of carbonyl (C=O) groups is 1. The molecular weight excluding hydrogens is 280 g/mol. The van der Waals surface area contributed by atoms with E-state index in [1.165, 1.54) is 0 Å². The van der Waals surface area contributed by atoms with E-state index in [0.717, 1.165) is 16.8 Å². The van der Waals surface area contributed by atoms with Gasteiger partial charge in [0, 0.05) is 11.3 Å². The summed E-state index contributed by atoms with van der Waals surface area (Å²) >= 11 is 0. The predicted molar refractivity (Wildman–Crippen MR) is 85.7 cm³/mol. The minimum absolute atomic E-state index is 0.0902. The van der Waals surface area contributed by atoms with Crippen molar-refractivity contribution < 1.29 is 14.7 Å². The van der Waals surface area contributed by atoms with Gasteiger partial charge in [0.2, 0.25) is 0 Å². The molecule has 2 aromatic rings. The second-order valence-electron chi connectivity index (χ2n) is 4.87. The van der Waals surface area contributed by atoms with E-state index in [4.69, 9.17) is 9.94 Å². The van der Waals surface area contributed by atoms with Crippen LogP contribution in [-0.4, -0.2) is 23.4 Å². The molecule has 1 amide bonds. The molecule has 5 nitrogen and oxygen atoms in total. The van der Waals surface area contributed by atoms with Crippen LogP contribution in [0.2, 0.25) is 0 Å². The number of amides is 1. The third kappa shape index (κ3) is 4.09. The minimum atomic E-state index is -0.229. The second-order valence-corrected chi connectivity index (χ2v) is 4.87. The topological polar surface area (TPSA) is 70.9 Å². The maximum Gasteiger partial charge on any atom is 0.262 e. The highest BCUT2D eigenvalue weighted by Crippen LogP contribution is 2.15. The smallest absolute Gasteiger partial charge is 0.262 e. The van der Waals surface area contributed by atoms with E-state index < -0.39 is 0 Å². The number of hydrogen-bond donors (Lipinski definition) is 2. The van der Waals surface area contributed by atoms with Gasteiger partial charge >= 0.3 is 0 Å². The Hall–Kier alpha value is -2.82. The van der Waals surface area contributed by atoms with Crippen molar-refractivity contribution >= 4 is 17.3 Å². The molecule has 0 aliphatic carbocycles. The minimum Gasteiger partial charge on any atom is -0.484 e. The van der Waals surface area contributed by atoms with E-state index in [2.05, 4.69) is 10.5 Å². The number of oxime groups is 1. The third-order valence-electron chi connectivity index (χ3n) is 3.19. The van der Waals surface area contributed by atoms with Crippen LogP contribution in [0.1, 0.15) is 18.1 Å². The summed E-state index contributed by atoms with van der Waals surface area (Å²) in [6.07, 6.45) is 0. The number of nitrogens with zero attached hydrogens (tertiary/aromatic N) is 1. The van der Waals surface area contributed by atoms with Crippen LogP contribution in [0.5, 0.6) is 5.75 Å². The van der Waals surface area contributed by atoms with Crippen molar-refractivity contribution in [2.24, 2.45) is 5.16 Å². The Morgan fingerprint density at radius 1 is 1.23 bits per heavy atom. The van der Waals surface area contributed by atoms with Crippen molar-refractivity contribution in [1.29, 1.82) is 0 Å². The van der Waals surface area contributed by atoms with Crippen molar-refractivity contribution in [3.63, 3.8) is 0 Å². The highest BCUT2D eigenvalue weighted by Gasteiger charge is 2.06. The van der Waals surface area contributed by atoms with Crippen LogP contribution in [0.25, 0.3) is 0 Å². The van der Waals surface area contributed by atoms with E-state index in [0.29, 0.717) is 11.5 Å². The quantitative estimate of drug-likeness (QED) is 0.506. The molecule has 0 fully saturated rings. The first-order valence-electron chi connectivity index (χ1n) is 6.87. The Bertz CT molecular complexity index is 696. The number of anilines is 1. The second kappa shape index (κ2) is 7.26. The Morgan fingerprint density at radius 2 is 2.00 bits per heavy atom. The summed E-state index contributed by atoms with van der Waals surface area (Å²) in [5.74, 6) is 0.313. The molecule has 2 aromatic carbocycles. The van der Waals surface area contributed by atoms with Crippen LogP contribution in [0, 0.1) is 6.92 Å². The van der Waals surface area contributed by atoms with Crippen LogP contribution in [0.15, 0.2) is 53.7 Å². The molecule has 5 heteroatoms. The molecular formula is C17H18N2O3. The number of rotatable bonds is 5. The molecule has 22 heavy (non-hydrogen) atoms. The van der Waals surface area contributed by atoms with Gasteiger partial charge in [-0.15, -0.1) is 0 Å². The van der Waals surface area contributed by atoms with Crippen LogP contribution < -0.4 is 10.1 Å². The van der Waals surface area contributed by atoms with Gasteiger partial charge in [0.15, 0.2) is 6.61 Å². The maximum atomic E-state index is 11.9. The van der Waals surface area contributed by atoms with Gasteiger partial charge in [-0.25, -0.2) is 0 Å². The fourth-order valence-electron chi connectivity index (χ4n) is 1.92. The zero-order valence-electron chi connectivity index (χ0n) is 12.5. The first-order chi connectivity index (χ1) is 10.6. The van der Waals surface area contributed by atoms with Gasteiger partial charge in [-0.05, 0) is 37.6 Å². The summed E-state index contributed by atoms with van der Waals surface area (Å²) in [5, 5.41) is 14.7. The number of carbonyl (C=O) groups excluding carboxylic acids is 1. The average molecular weight is 298 g/mol. The monoisotopic (exact) mass is 298 g/mol. The predicted octanol–water partition coefficient (Wildman–Crippen LogP) is 3.21. The normalized spacial score (nSPS) is 11.1. The Labute approximate surface area is 129 Å². The Kier molecular flexibility index (Phi) is 5.14. The van der Waals surface area contributed by atoms with Crippen molar-refractivity contribution in [2.45, 2.75) is 13.8 Å².